The molecule has 1 aromatic heterocycles. The predicted octanol–water partition coefficient (Wildman–Crippen LogP) is 2.86. The molecule has 1 aliphatic rings. The highest BCUT2D eigenvalue weighted by atomic mass is 35.5. The molecule has 10 heteroatoms. The van der Waals surface area contributed by atoms with E-state index in [0.29, 0.717) is 20.1 Å². The molecule has 2 aromatic carbocycles. The highest BCUT2D eigenvalue weighted by molar-refractivity contribution is 7.07. The van der Waals surface area contributed by atoms with Gasteiger partial charge < -0.3 is 15.2 Å². The lowest BCUT2D eigenvalue weighted by Crippen LogP contribution is -2.41. The second kappa shape index (κ2) is 10.1. The van der Waals surface area contributed by atoms with Gasteiger partial charge in [0.1, 0.15) is 10.5 Å². The van der Waals surface area contributed by atoms with Crippen molar-refractivity contribution in [2.75, 3.05) is 13.7 Å². The highest BCUT2D eigenvalue weighted by Crippen LogP contribution is 2.38. The minimum absolute atomic E-state index is 0.0386. The van der Waals surface area contributed by atoms with E-state index in [1.165, 1.54) is 7.11 Å². The van der Waals surface area contributed by atoms with Crippen molar-refractivity contribution in [1.82, 2.24) is 4.57 Å². The van der Waals surface area contributed by atoms with Gasteiger partial charge in [0.2, 0.25) is 0 Å². The van der Waals surface area contributed by atoms with Crippen LogP contribution < -0.4 is 20.5 Å². The molecule has 0 saturated heterocycles. The molecular weight excluding hydrogens is 511 g/mol. The number of halogens is 2. The van der Waals surface area contributed by atoms with Gasteiger partial charge in [-0.1, -0.05) is 47.5 Å². The summed E-state index contributed by atoms with van der Waals surface area (Å²) >= 11 is 13.1. The van der Waals surface area contributed by atoms with Gasteiger partial charge >= 0.3 is 11.9 Å². The van der Waals surface area contributed by atoms with Gasteiger partial charge in [0, 0.05) is 10.0 Å². The summed E-state index contributed by atoms with van der Waals surface area (Å²) in [6.45, 7) is 1.77. The third-order valence-electron chi connectivity index (χ3n) is 5.42. The molecule has 3 aromatic rings. The van der Waals surface area contributed by atoms with E-state index in [2.05, 4.69) is 0 Å². The minimum atomic E-state index is -0.930. The second-order valence-electron chi connectivity index (χ2n) is 7.52. The van der Waals surface area contributed by atoms with Gasteiger partial charge in [-0.25, -0.2) is 9.59 Å². The maximum atomic E-state index is 13.4. The Bertz CT molecular complexity index is 1520. The monoisotopic (exact) mass is 530 g/mol. The van der Waals surface area contributed by atoms with E-state index in [1.54, 1.807) is 61.5 Å². The van der Waals surface area contributed by atoms with Crippen molar-refractivity contribution in [3.05, 3.63) is 94.8 Å². The van der Waals surface area contributed by atoms with E-state index in [1.807, 2.05) is 0 Å². The molecule has 2 N–H and O–H groups in total. The maximum absolute atomic E-state index is 13.4. The zero-order chi connectivity index (χ0) is 25.3. The largest absolute Gasteiger partial charge is 0.466 e. The Labute approximate surface area is 214 Å². The van der Waals surface area contributed by atoms with Gasteiger partial charge in [0.15, 0.2) is 0 Å². The number of fused-ring (bicyclic) bond motifs is 1. The lowest BCUT2D eigenvalue weighted by Gasteiger charge is -2.26. The Balaban J connectivity index is 2.11. The van der Waals surface area contributed by atoms with E-state index < -0.39 is 23.4 Å². The van der Waals surface area contributed by atoms with Crippen LogP contribution in [0.5, 0.6) is 0 Å². The Morgan fingerprint density at radius 1 is 1.03 bits per heavy atom. The van der Waals surface area contributed by atoms with Crippen molar-refractivity contribution in [3.63, 3.8) is 0 Å². The van der Waals surface area contributed by atoms with Crippen LogP contribution in [0.1, 0.15) is 24.0 Å². The van der Waals surface area contributed by atoms with Crippen molar-refractivity contribution >= 4 is 63.9 Å². The van der Waals surface area contributed by atoms with Crippen LogP contribution in [-0.2, 0) is 19.1 Å². The number of nitrogens with zero attached hydrogens (tertiary/aromatic N) is 1. The predicted molar refractivity (Wildman–Crippen MR) is 137 cm³/mol. The standard InChI is InChI=1S/C25H20Cl2N2O5S/c1-3-34-25(32)20-18(14-6-10-16(27)11-7-14)19(24(31)33-2)21(28)29-22(30)17(35-23(20)29)12-13-4-8-15(26)9-5-13/h4-12,18H,3,28H2,1-2H3/t18-/m1/s1. The summed E-state index contributed by atoms with van der Waals surface area (Å²) in [7, 11) is 1.21. The molecule has 0 amide bonds. The van der Waals surface area contributed by atoms with Gasteiger partial charge in [-0.05, 0) is 48.4 Å². The first-order valence-corrected chi connectivity index (χ1v) is 12.1. The van der Waals surface area contributed by atoms with E-state index in [4.69, 9.17) is 38.4 Å². The summed E-state index contributed by atoms with van der Waals surface area (Å²) in [6.07, 6.45) is 1.67. The van der Waals surface area contributed by atoms with Crippen molar-refractivity contribution in [1.29, 1.82) is 0 Å². The molecule has 180 valence electrons. The number of carbonyl (C=O) groups excluding carboxylic acids is 2. The zero-order valence-corrected chi connectivity index (χ0v) is 21.0. The molecule has 1 atom stereocenters. The lowest BCUT2D eigenvalue weighted by molar-refractivity contribution is -0.136. The van der Waals surface area contributed by atoms with Gasteiger partial charge in [0.05, 0.1) is 35.3 Å². The van der Waals surface area contributed by atoms with E-state index in [-0.39, 0.29) is 28.2 Å². The zero-order valence-electron chi connectivity index (χ0n) is 18.7. The molecule has 0 saturated carbocycles. The Morgan fingerprint density at radius 2 is 1.63 bits per heavy atom. The summed E-state index contributed by atoms with van der Waals surface area (Å²) in [6, 6.07) is 13.6. The molecule has 35 heavy (non-hydrogen) atoms. The van der Waals surface area contributed by atoms with Crippen molar-refractivity contribution in [2.45, 2.75) is 12.8 Å². The first-order chi connectivity index (χ1) is 16.8. The number of hydrogen-bond donors (Lipinski definition) is 1. The van der Waals surface area contributed by atoms with Gasteiger partial charge in [-0.2, -0.15) is 0 Å². The molecular formula is C25H20Cl2N2O5S. The van der Waals surface area contributed by atoms with Gasteiger partial charge in [0.25, 0.3) is 5.56 Å². The summed E-state index contributed by atoms with van der Waals surface area (Å²) in [5, 5.41) is 1.04. The quantitative estimate of drug-likeness (QED) is 0.509. The number of aromatic nitrogens is 1. The first-order valence-electron chi connectivity index (χ1n) is 10.5. The summed E-state index contributed by atoms with van der Waals surface area (Å²) < 4.78 is 12.1. The van der Waals surface area contributed by atoms with E-state index >= 15 is 0 Å². The van der Waals surface area contributed by atoms with Crippen LogP contribution in [0.15, 0.2) is 58.9 Å². The van der Waals surface area contributed by atoms with Gasteiger partial charge in [-0.15, -0.1) is 11.3 Å². The average molecular weight is 531 g/mol. The number of ether oxygens (including phenoxy) is 2. The van der Waals surface area contributed by atoms with Crippen LogP contribution in [0.25, 0.3) is 17.5 Å². The average Bonchev–Trinajstić information content (AvgIpc) is 3.16. The molecule has 4 rings (SSSR count). The third-order valence-corrected chi connectivity index (χ3v) is 7.03. The molecule has 2 heterocycles. The van der Waals surface area contributed by atoms with Crippen LogP contribution in [0.3, 0.4) is 0 Å². The van der Waals surface area contributed by atoms with Gasteiger partial charge in [-0.3, -0.25) is 9.36 Å². The van der Waals surface area contributed by atoms with Crippen molar-refractivity contribution in [3.8, 4) is 0 Å². The highest BCUT2D eigenvalue weighted by Gasteiger charge is 2.39. The smallest absolute Gasteiger partial charge is 0.338 e. The van der Waals surface area contributed by atoms with Crippen LogP contribution in [0.2, 0.25) is 10.0 Å². The fourth-order valence-electron chi connectivity index (χ4n) is 3.86. The SMILES string of the molecule is CCOC(=O)C1=c2sc(=Cc3ccc(Cl)cc3)c(=O)n2C(N)=C(C(=O)OC)[C@H]1c1ccc(Cl)cc1. The molecule has 0 fully saturated rings. The number of benzene rings is 2. The number of methoxy groups -OCH3 is 1. The Morgan fingerprint density at radius 3 is 2.20 bits per heavy atom. The number of nitrogens with two attached hydrogens (primary N) is 1. The molecule has 7 nitrogen and oxygen atoms in total. The fraction of sp³-hybridized carbons (Fsp3) is 0.160. The molecule has 1 aliphatic heterocycles. The number of carbonyl (C=O) groups is 2. The lowest BCUT2D eigenvalue weighted by atomic mass is 9.83. The Hall–Kier alpha value is -3.33. The van der Waals surface area contributed by atoms with Crippen molar-refractivity contribution in [2.24, 2.45) is 5.73 Å². The fourth-order valence-corrected chi connectivity index (χ4v) is 5.28. The van der Waals surface area contributed by atoms with E-state index in [0.717, 1.165) is 21.5 Å². The normalized spacial score (nSPS) is 15.7. The number of thiazole rings is 1. The molecule has 0 spiro atoms. The molecule has 0 unspecified atom stereocenters. The maximum Gasteiger partial charge on any atom is 0.338 e. The molecule has 0 bridgehead atoms. The number of rotatable bonds is 5. The third kappa shape index (κ3) is 4.65. The molecule has 0 radical (unpaired) electrons. The summed E-state index contributed by atoms with van der Waals surface area (Å²) in [4.78, 5) is 39.6. The van der Waals surface area contributed by atoms with Crippen LogP contribution >= 0.6 is 34.5 Å². The minimum Gasteiger partial charge on any atom is -0.466 e. The second-order valence-corrected chi connectivity index (χ2v) is 9.42. The van der Waals surface area contributed by atoms with Crippen LogP contribution in [0, 0.1) is 0 Å². The molecule has 0 aliphatic carbocycles. The first kappa shape index (κ1) is 24.8. The Kier molecular flexibility index (Phi) is 7.16. The van der Waals surface area contributed by atoms with Crippen LogP contribution in [0.4, 0.5) is 0 Å². The topological polar surface area (TPSA) is 101 Å². The number of esters is 2. The van der Waals surface area contributed by atoms with Crippen molar-refractivity contribution < 1.29 is 19.1 Å². The van der Waals surface area contributed by atoms with Crippen LogP contribution in [-0.4, -0.2) is 30.2 Å². The summed E-state index contributed by atoms with van der Waals surface area (Å²) in [5.74, 6) is -2.48. The van der Waals surface area contributed by atoms with E-state index in [9.17, 15) is 14.4 Å². The summed E-state index contributed by atoms with van der Waals surface area (Å²) in [5.41, 5.74) is 7.31. The number of hydrogen-bond acceptors (Lipinski definition) is 7.